The molecule has 0 saturated carbocycles. The summed E-state index contributed by atoms with van der Waals surface area (Å²) in [6.07, 6.45) is 7.88. The van der Waals surface area contributed by atoms with Gasteiger partial charge in [0.05, 0.1) is 11.7 Å². The molecular formula is C13H15N3S. The summed E-state index contributed by atoms with van der Waals surface area (Å²) in [4.78, 5) is 11.1. The van der Waals surface area contributed by atoms with Crippen LogP contribution in [0.15, 0.2) is 35.4 Å². The summed E-state index contributed by atoms with van der Waals surface area (Å²) >= 11 is 1.77. The fourth-order valence-corrected chi connectivity index (χ4v) is 3.11. The van der Waals surface area contributed by atoms with Gasteiger partial charge < -0.3 is 0 Å². The van der Waals surface area contributed by atoms with Crippen LogP contribution in [0.25, 0.3) is 0 Å². The molecule has 3 heterocycles. The van der Waals surface area contributed by atoms with Crippen LogP contribution < -0.4 is 0 Å². The Labute approximate surface area is 105 Å². The molecule has 17 heavy (non-hydrogen) atoms. The van der Waals surface area contributed by atoms with Crippen LogP contribution in [0.4, 0.5) is 0 Å². The Balaban J connectivity index is 1.76. The number of aromatic nitrogens is 2. The van der Waals surface area contributed by atoms with Crippen molar-refractivity contribution in [1.82, 2.24) is 14.9 Å². The van der Waals surface area contributed by atoms with E-state index >= 15 is 0 Å². The van der Waals surface area contributed by atoms with Crippen LogP contribution in [0.5, 0.6) is 0 Å². The maximum absolute atomic E-state index is 4.44. The summed E-state index contributed by atoms with van der Waals surface area (Å²) in [5, 5.41) is 4.37. The van der Waals surface area contributed by atoms with Gasteiger partial charge in [-0.2, -0.15) is 11.3 Å². The molecule has 3 rings (SSSR count). The zero-order valence-electron chi connectivity index (χ0n) is 9.62. The van der Waals surface area contributed by atoms with Crippen molar-refractivity contribution in [2.45, 2.75) is 25.4 Å². The first-order valence-corrected chi connectivity index (χ1v) is 6.89. The molecule has 1 saturated heterocycles. The smallest absolute Gasteiger partial charge is 0.0758 e. The Morgan fingerprint density at radius 1 is 1.41 bits per heavy atom. The molecule has 0 amide bonds. The third-order valence-corrected chi connectivity index (χ3v) is 3.99. The number of hydrogen-bond acceptors (Lipinski definition) is 4. The standard InChI is InChI=1S/C13H15N3S/c1-2-13(12-8-14-4-5-15-12)16(6-1)9-11-3-7-17-10-11/h3-5,7-8,10,13H,1-2,6,9H2. The quantitative estimate of drug-likeness (QED) is 0.832. The molecule has 4 heteroatoms. The minimum absolute atomic E-state index is 0.448. The van der Waals surface area contributed by atoms with Crippen molar-refractivity contribution in [1.29, 1.82) is 0 Å². The third kappa shape index (κ3) is 2.37. The van der Waals surface area contributed by atoms with Crippen LogP contribution in [-0.4, -0.2) is 21.4 Å². The summed E-state index contributed by atoms with van der Waals surface area (Å²) in [6.45, 7) is 2.20. The second-order valence-electron chi connectivity index (χ2n) is 4.39. The Kier molecular flexibility index (Phi) is 3.16. The van der Waals surface area contributed by atoms with Crippen molar-refractivity contribution in [3.63, 3.8) is 0 Å². The first-order chi connectivity index (χ1) is 8.43. The van der Waals surface area contributed by atoms with Gasteiger partial charge in [0.1, 0.15) is 0 Å². The van der Waals surface area contributed by atoms with Crippen molar-refractivity contribution < 1.29 is 0 Å². The Hall–Kier alpha value is -1.26. The zero-order chi connectivity index (χ0) is 11.5. The maximum atomic E-state index is 4.44. The minimum Gasteiger partial charge on any atom is -0.290 e. The second-order valence-corrected chi connectivity index (χ2v) is 5.17. The second kappa shape index (κ2) is 4.94. The molecule has 0 radical (unpaired) electrons. The SMILES string of the molecule is c1cnc(C2CCCN2Cc2ccsc2)cn1. The lowest BCUT2D eigenvalue weighted by Crippen LogP contribution is -2.23. The van der Waals surface area contributed by atoms with Gasteiger partial charge in [-0.15, -0.1) is 0 Å². The van der Waals surface area contributed by atoms with E-state index in [1.54, 1.807) is 23.7 Å². The van der Waals surface area contributed by atoms with Crippen LogP contribution in [0.1, 0.15) is 30.1 Å². The molecule has 0 spiro atoms. The number of likely N-dealkylation sites (tertiary alicyclic amines) is 1. The van der Waals surface area contributed by atoms with E-state index in [1.807, 2.05) is 6.20 Å². The molecule has 0 aromatic carbocycles. The Morgan fingerprint density at radius 2 is 2.41 bits per heavy atom. The number of rotatable bonds is 3. The van der Waals surface area contributed by atoms with Crippen LogP contribution >= 0.6 is 11.3 Å². The number of nitrogens with zero attached hydrogens (tertiary/aromatic N) is 3. The van der Waals surface area contributed by atoms with Crippen molar-refractivity contribution >= 4 is 11.3 Å². The van der Waals surface area contributed by atoms with Gasteiger partial charge in [-0.05, 0) is 41.8 Å². The molecule has 3 nitrogen and oxygen atoms in total. The molecule has 1 unspecified atom stereocenters. The van der Waals surface area contributed by atoms with Gasteiger partial charge in [0.2, 0.25) is 0 Å². The highest BCUT2D eigenvalue weighted by atomic mass is 32.1. The highest BCUT2D eigenvalue weighted by molar-refractivity contribution is 7.07. The zero-order valence-corrected chi connectivity index (χ0v) is 10.4. The summed E-state index contributed by atoms with van der Waals surface area (Å²) in [6, 6.07) is 2.65. The van der Waals surface area contributed by atoms with Gasteiger partial charge in [-0.25, -0.2) is 0 Å². The molecule has 1 fully saturated rings. The van der Waals surface area contributed by atoms with Crippen molar-refractivity contribution in [2.24, 2.45) is 0 Å². The highest BCUT2D eigenvalue weighted by Gasteiger charge is 2.26. The minimum atomic E-state index is 0.448. The summed E-state index contributed by atoms with van der Waals surface area (Å²) in [5.41, 5.74) is 2.52. The van der Waals surface area contributed by atoms with Gasteiger partial charge in [0.15, 0.2) is 0 Å². The molecule has 0 N–H and O–H groups in total. The lowest BCUT2D eigenvalue weighted by molar-refractivity contribution is 0.244. The Morgan fingerprint density at radius 3 is 3.18 bits per heavy atom. The van der Waals surface area contributed by atoms with E-state index < -0.39 is 0 Å². The molecular weight excluding hydrogens is 230 g/mol. The van der Waals surface area contributed by atoms with E-state index in [0.29, 0.717) is 6.04 Å². The average Bonchev–Trinajstić information content (AvgIpc) is 3.02. The van der Waals surface area contributed by atoms with Crippen LogP contribution in [-0.2, 0) is 6.54 Å². The predicted octanol–water partition coefficient (Wildman–Crippen LogP) is 2.88. The molecule has 88 valence electrons. The number of hydrogen-bond donors (Lipinski definition) is 0. The van der Waals surface area contributed by atoms with E-state index in [9.17, 15) is 0 Å². The molecule has 2 aromatic rings. The van der Waals surface area contributed by atoms with Crippen LogP contribution in [0.3, 0.4) is 0 Å². The third-order valence-electron chi connectivity index (χ3n) is 3.25. The largest absolute Gasteiger partial charge is 0.290 e. The topological polar surface area (TPSA) is 29.0 Å². The molecule has 1 aliphatic rings. The lowest BCUT2D eigenvalue weighted by atomic mass is 10.1. The first-order valence-electron chi connectivity index (χ1n) is 5.94. The Bertz CT molecular complexity index is 455. The normalized spacial score (nSPS) is 20.8. The van der Waals surface area contributed by atoms with Gasteiger partial charge >= 0.3 is 0 Å². The first kappa shape index (κ1) is 10.9. The fourth-order valence-electron chi connectivity index (χ4n) is 2.45. The van der Waals surface area contributed by atoms with Crippen molar-refractivity contribution in [3.05, 3.63) is 46.7 Å². The molecule has 0 bridgehead atoms. The summed E-state index contributed by atoms with van der Waals surface area (Å²) < 4.78 is 0. The maximum Gasteiger partial charge on any atom is 0.0758 e. The molecule has 1 aliphatic heterocycles. The lowest BCUT2D eigenvalue weighted by Gasteiger charge is -2.23. The summed E-state index contributed by atoms with van der Waals surface area (Å²) in [5.74, 6) is 0. The molecule has 1 atom stereocenters. The fraction of sp³-hybridized carbons (Fsp3) is 0.385. The van der Waals surface area contributed by atoms with Gasteiger partial charge in [0, 0.05) is 25.1 Å². The number of thiophene rings is 1. The van der Waals surface area contributed by atoms with E-state index in [4.69, 9.17) is 0 Å². The van der Waals surface area contributed by atoms with Crippen LogP contribution in [0.2, 0.25) is 0 Å². The van der Waals surface area contributed by atoms with Gasteiger partial charge in [-0.3, -0.25) is 14.9 Å². The molecule has 0 aliphatic carbocycles. The average molecular weight is 245 g/mol. The highest BCUT2D eigenvalue weighted by Crippen LogP contribution is 2.31. The van der Waals surface area contributed by atoms with E-state index in [-0.39, 0.29) is 0 Å². The van der Waals surface area contributed by atoms with Gasteiger partial charge in [-0.1, -0.05) is 0 Å². The molecule has 2 aromatic heterocycles. The van der Waals surface area contributed by atoms with Crippen molar-refractivity contribution in [3.8, 4) is 0 Å². The van der Waals surface area contributed by atoms with E-state index in [2.05, 4.69) is 31.7 Å². The van der Waals surface area contributed by atoms with Gasteiger partial charge in [0.25, 0.3) is 0 Å². The summed E-state index contributed by atoms with van der Waals surface area (Å²) in [7, 11) is 0. The van der Waals surface area contributed by atoms with Crippen LogP contribution in [0, 0.1) is 0 Å². The van der Waals surface area contributed by atoms with E-state index in [1.165, 1.54) is 18.4 Å². The predicted molar refractivity (Wildman–Crippen MR) is 68.7 cm³/mol. The van der Waals surface area contributed by atoms with E-state index in [0.717, 1.165) is 18.8 Å². The monoisotopic (exact) mass is 245 g/mol. The van der Waals surface area contributed by atoms with Crippen molar-refractivity contribution in [2.75, 3.05) is 6.54 Å².